The average molecular weight is 157 g/mol. The van der Waals surface area contributed by atoms with Crippen molar-refractivity contribution in [3.8, 4) is 0 Å². The van der Waals surface area contributed by atoms with Gasteiger partial charge in [-0.05, 0) is 12.3 Å². The SMILES string of the molecule is CC/C=C/C(S)C1CNC1. The Bertz CT molecular complexity index is 118. The van der Waals surface area contributed by atoms with E-state index in [9.17, 15) is 0 Å². The predicted molar refractivity (Wildman–Crippen MR) is 48.6 cm³/mol. The fourth-order valence-electron chi connectivity index (χ4n) is 0.985. The van der Waals surface area contributed by atoms with Crippen molar-refractivity contribution in [2.75, 3.05) is 13.1 Å². The summed E-state index contributed by atoms with van der Waals surface area (Å²) >= 11 is 4.46. The lowest BCUT2D eigenvalue weighted by atomic mass is 9.98. The van der Waals surface area contributed by atoms with Crippen LogP contribution in [0.5, 0.6) is 0 Å². The van der Waals surface area contributed by atoms with Gasteiger partial charge >= 0.3 is 0 Å². The van der Waals surface area contributed by atoms with Gasteiger partial charge in [0.1, 0.15) is 0 Å². The molecule has 58 valence electrons. The third-order valence-electron chi connectivity index (χ3n) is 1.86. The molecule has 1 nitrogen and oxygen atoms in total. The molecule has 1 aliphatic heterocycles. The van der Waals surface area contributed by atoms with Gasteiger partial charge in [0.2, 0.25) is 0 Å². The van der Waals surface area contributed by atoms with Crippen LogP contribution in [0.1, 0.15) is 13.3 Å². The first kappa shape index (κ1) is 8.15. The van der Waals surface area contributed by atoms with Crippen molar-refractivity contribution in [1.82, 2.24) is 5.32 Å². The molecular formula is C8H15NS. The van der Waals surface area contributed by atoms with E-state index in [0.29, 0.717) is 5.25 Å². The smallest absolute Gasteiger partial charge is 0.0249 e. The lowest BCUT2D eigenvalue weighted by Gasteiger charge is -2.30. The topological polar surface area (TPSA) is 12.0 Å². The Morgan fingerprint density at radius 1 is 1.70 bits per heavy atom. The van der Waals surface area contributed by atoms with Crippen LogP contribution in [0.4, 0.5) is 0 Å². The number of nitrogens with one attached hydrogen (secondary N) is 1. The van der Waals surface area contributed by atoms with Crippen molar-refractivity contribution in [2.45, 2.75) is 18.6 Å². The third-order valence-corrected chi connectivity index (χ3v) is 2.46. The Labute approximate surface area is 68.3 Å². The Morgan fingerprint density at radius 2 is 2.40 bits per heavy atom. The van der Waals surface area contributed by atoms with E-state index in [1.165, 1.54) is 0 Å². The van der Waals surface area contributed by atoms with Crippen LogP contribution in [0.2, 0.25) is 0 Å². The van der Waals surface area contributed by atoms with E-state index < -0.39 is 0 Å². The highest BCUT2D eigenvalue weighted by Crippen LogP contribution is 2.15. The summed E-state index contributed by atoms with van der Waals surface area (Å²) in [5.74, 6) is 0.770. The van der Waals surface area contributed by atoms with Crippen molar-refractivity contribution < 1.29 is 0 Å². The van der Waals surface area contributed by atoms with Crippen molar-refractivity contribution in [3.05, 3.63) is 12.2 Å². The predicted octanol–water partition coefficient (Wildman–Crippen LogP) is 1.47. The van der Waals surface area contributed by atoms with Gasteiger partial charge in [-0.3, -0.25) is 0 Å². The van der Waals surface area contributed by atoms with Crippen LogP contribution >= 0.6 is 12.6 Å². The molecule has 1 fully saturated rings. The highest BCUT2D eigenvalue weighted by molar-refractivity contribution is 7.81. The zero-order valence-corrected chi connectivity index (χ0v) is 7.27. The minimum Gasteiger partial charge on any atom is -0.316 e. The van der Waals surface area contributed by atoms with Gasteiger partial charge in [-0.2, -0.15) is 12.6 Å². The maximum absolute atomic E-state index is 4.46. The van der Waals surface area contributed by atoms with Crippen LogP contribution in [0.15, 0.2) is 12.2 Å². The number of thiol groups is 1. The Balaban J connectivity index is 2.19. The van der Waals surface area contributed by atoms with Crippen LogP contribution < -0.4 is 5.32 Å². The maximum Gasteiger partial charge on any atom is 0.0249 e. The van der Waals surface area contributed by atoms with E-state index in [2.05, 4.69) is 37.0 Å². The molecule has 1 heterocycles. The van der Waals surface area contributed by atoms with Gasteiger partial charge in [-0.1, -0.05) is 19.1 Å². The fourth-order valence-corrected chi connectivity index (χ4v) is 1.32. The van der Waals surface area contributed by atoms with Crippen molar-refractivity contribution >= 4 is 12.6 Å². The van der Waals surface area contributed by atoms with Gasteiger partial charge in [0.05, 0.1) is 0 Å². The Morgan fingerprint density at radius 3 is 2.80 bits per heavy atom. The zero-order valence-electron chi connectivity index (χ0n) is 6.38. The summed E-state index contributed by atoms with van der Waals surface area (Å²) in [7, 11) is 0. The molecule has 1 atom stereocenters. The van der Waals surface area contributed by atoms with Crippen LogP contribution in [0.3, 0.4) is 0 Å². The zero-order chi connectivity index (χ0) is 7.40. The summed E-state index contributed by atoms with van der Waals surface area (Å²) in [6, 6.07) is 0. The number of rotatable bonds is 3. The van der Waals surface area contributed by atoms with Gasteiger partial charge in [0.25, 0.3) is 0 Å². The summed E-state index contributed by atoms with van der Waals surface area (Å²) in [4.78, 5) is 0. The molecule has 0 saturated carbocycles. The summed E-state index contributed by atoms with van der Waals surface area (Å²) < 4.78 is 0. The van der Waals surface area contributed by atoms with E-state index in [1.54, 1.807) is 0 Å². The molecule has 0 aromatic rings. The number of hydrogen-bond donors (Lipinski definition) is 2. The first-order chi connectivity index (χ1) is 4.84. The van der Waals surface area contributed by atoms with E-state index in [-0.39, 0.29) is 0 Å². The van der Waals surface area contributed by atoms with E-state index in [1.807, 2.05) is 0 Å². The fraction of sp³-hybridized carbons (Fsp3) is 0.750. The second-order valence-electron chi connectivity index (χ2n) is 2.75. The lowest BCUT2D eigenvalue weighted by Crippen LogP contribution is -2.46. The number of allylic oxidation sites excluding steroid dienone is 1. The second-order valence-corrected chi connectivity index (χ2v) is 3.34. The Hall–Kier alpha value is 0.0500. The molecule has 10 heavy (non-hydrogen) atoms. The highest BCUT2D eigenvalue weighted by atomic mass is 32.1. The molecule has 1 N–H and O–H groups in total. The van der Waals surface area contributed by atoms with Crippen LogP contribution in [-0.4, -0.2) is 18.3 Å². The molecule has 0 radical (unpaired) electrons. The Kier molecular flexibility index (Phi) is 3.29. The van der Waals surface area contributed by atoms with Gasteiger partial charge in [0.15, 0.2) is 0 Å². The van der Waals surface area contributed by atoms with Crippen LogP contribution in [0.25, 0.3) is 0 Å². The lowest BCUT2D eigenvalue weighted by molar-refractivity contribution is 0.360. The number of hydrogen-bond acceptors (Lipinski definition) is 2. The molecule has 2 heteroatoms. The average Bonchev–Trinajstić information content (AvgIpc) is 1.79. The minimum atomic E-state index is 0.473. The molecule has 1 rings (SSSR count). The third kappa shape index (κ3) is 2.03. The minimum absolute atomic E-state index is 0.473. The molecule has 0 spiro atoms. The molecule has 0 bridgehead atoms. The summed E-state index contributed by atoms with van der Waals surface area (Å²) in [6.07, 6.45) is 5.52. The summed E-state index contributed by atoms with van der Waals surface area (Å²) in [5, 5.41) is 3.71. The molecule has 1 aliphatic rings. The van der Waals surface area contributed by atoms with Crippen molar-refractivity contribution in [2.24, 2.45) is 5.92 Å². The first-order valence-corrected chi connectivity index (χ1v) is 4.41. The molecule has 0 aromatic heterocycles. The van der Waals surface area contributed by atoms with E-state index in [0.717, 1.165) is 25.4 Å². The molecule has 0 amide bonds. The maximum atomic E-state index is 4.46. The van der Waals surface area contributed by atoms with Crippen molar-refractivity contribution in [3.63, 3.8) is 0 Å². The quantitative estimate of drug-likeness (QED) is 0.467. The monoisotopic (exact) mass is 157 g/mol. The molecule has 1 unspecified atom stereocenters. The largest absolute Gasteiger partial charge is 0.316 e. The molecule has 0 aromatic carbocycles. The van der Waals surface area contributed by atoms with Gasteiger partial charge < -0.3 is 5.32 Å². The summed E-state index contributed by atoms with van der Waals surface area (Å²) in [5.41, 5.74) is 0. The normalized spacial score (nSPS) is 23.0. The molecule has 0 aliphatic carbocycles. The van der Waals surface area contributed by atoms with Gasteiger partial charge in [-0.15, -0.1) is 0 Å². The molecular weight excluding hydrogens is 142 g/mol. The van der Waals surface area contributed by atoms with E-state index in [4.69, 9.17) is 0 Å². The molecule has 1 saturated heterocycles. The van der Waals surface area contributed by atoms with Gasteiger partial charge in [-0.25, -0.2) is 0 Å². The first-order valence-electron chi connectivity index (χ1n) is 3.90. The van der Waals surface area contributed by atoms with Gasteiger partial charge in [0, 0.05) is 18.3 Å². The standard InChI is InChI=1S/C8H15NS/c1-2-3-4-8(10)7-5-9-6-7/h3-4,7-10H,2,5-6H2,1H3/b4-3+. The summed E-state index contributed by atoms with van der Waals surface area (Å²) in [6.45, 7) is 4.43. The van der Waals surface area contributed by atoms with Crippen LogP contribution in [-0.2, 0) is 0 Å². The van der Waals surface area contributed by atoms with Crippen molar-refractivity contribution in [1.29, 1.82) is 0 Å². The highest BCUT2D eigenvalue weighted by Gasteiger charge is 2.21. The van der Waals surface area contributed by atoms with E-state index >= 15 is 0 Å². The second kappa shape index (κ2) is 4.04. The van der Waals surface area contributed by atoms with Crippen LogP contribution in [0, 0.1) is 5.92 Å².